The van der Waals surface area contributed by atoms with Gasteiger partial charge in [-0.3, -0.25) is 4.79 Å². The molecule has 0 aliphatic carbocycles. The first-order valence-corrected chi connectivity index (χ1v) is 8.32. The number of benzene rings is 1. The van der Waals surface area contributed by atoms with Crippen molar-refractivity contribution in [1.82, 2.24) is 9.21 Å². The van der Waals surface area contributed by atoms with E-state index in [1.54, 1.807) is 0 Å². The number of carbonyl (C=O) groups is 1. The molecule has 1 aliphatic heterocycles. The average molecular weight is 351 g/mol. The molecule has 0 saturated carbocycles. The third kappa shape index (κ3) is 3.82. The molecule has 2 rings (SSSR count). The number of sulfonamides is 1. The standard InChI is InChI=1S/C13H16F3N3O3S/c14-9-1-2-10(13(16)12(9)15)23(21,22)19-7-5-18(6-8-19)4-3-11(17)20/h1-2H,3-8H2,(H2,17,20). The normalized spacial score (nSPS) is 17.3. The maximum absolute atomic E-state index is 13.7. The highest BCUT2D eigenvalue weighted by Gasteiger charge is 2.32. The van der Waals surface area contributed by atoms with Gasteiger partial charge >= 0.3 is 0 Å². The molecule has 0 unspecified atom stereocenters. The summed E-state index contributed by atoms with van der Waals surface area (Å²) in [4.78, 5) is 11.7. The van der Waals surface area contributed by atoms with E-state index in [2.05, 4.69) is 0 Å². The molecule has 0 spiro atoms. The first-order chi connectivity index (χ1) is 10.7. The molecule has 1 aromatic carbocycles. The van der Waals surface area contributed by atoms with Crippen LogP contribution in [-0.4, -0.2) is 56.3 Å². The zero-order valence-corrected chi connectivity index (χ0v) is 13.0. The lowest BCUT2D eigenvalue weighted by Crippen LogP contribution is -2.49. The Morgan fingerprint density at radius 2 is 1.70 bits per heavy atom. The fourth-order valence-electron chi connectivity index (χ4n) is 2.31. The summed E-state index contributed by atoms with van der Waals surface area (Å²) in [6.07, 6.45) is 0.157. The highest BCUT2D eigenvalue weighted by molar-refractivity contribution is 7.89. The van der Waals surface area contributed by atoms with Gasteiger partial charge in [0, 0.05) is 39.1 Å². The van der Waals surface area contributed by atoms with Crippen molar-refractivity contribution in [1.29, 1.82) is 0 Å². The van der Waals surface area contributed by atoms with Gasteiger partial charge < -0.3 is 10.6 Å². The van der Waals surface area contributed by atoms with Crippen LogP contribution in [0.1, 0.15) is 6.42 Å². The van der Waals surface area contributed by atoms with Crippen LogP contribution in [-0.2, 0) is 14.8 Å². The highest BCUT2D eigenvalue weighted by Crippen LogP contribution is 2.23. The van der Waals surface area contributed by atoms with Gasteiger partial charge in [-0.05, 0) is 12.1 Å². The van der Waals surface area contributed by atoms with Crippen LogP contribution in [0.2, 0.25) is 0 Å². The van der Waals surface area contributed by atoms with Gasteiger partial charge in [0.05, 0.1) is 0 Å². The monoisotopic (exact) mass is 351 g/mol. The Morgan fingerprint density at radius 1 is 1.09 bits per heavy atom. The number of rotatable bonds is 5. The van der Waals surface area contributed by atoms with Crippen molar-refractivity contribution in [3.8, 4) is 0 Å². The summed E-state index contributed by atoms with van der Waals surface area (Å²) in [7, 11) is -4.25. The summed E-state index contributed by atoms with van der Waals surface area (Å²) >= 11 is 0. The van der Waals surface area contributed by atoms with Crippen LogP contribution in [0, 0.1) is 17.5 Å². The van der Waals surface area contributed by atoms with Crippen molar-refractivity contribution in [3.63, 3.8) is 0 Å². The molecule has 0 radical (unpaired) electrons. The fraction of sp³-hybridized carbons (Fsp3) is 0.462. The second kappa shape index (κ2) is 6.85. The number of carbonyl (C=O) groups excluding carboxylic acids is 1. The van der Waals surface area contributed by atoms with Crippen molar-refractivity contribution in [3.05, 3.63) is 29.6 Å². The van der Waals surface area contributed by atoms with E-state index in [4.69, 9.17) is 5.73 Å². The molecule has 1 amide bonds. The zero-order chi connectivity index (χ0) is 17.2. The Morgan fingerprint density at radius 3 is 2.26 bits per heavy atom. The average Bonchev–Trinajstić information content (AvgIpc) is 2.51. The van der Waals surface area contributed by atoms with E-state index in [1.165, 1.54) is 0 Å². The van der Waals surface area contributed by atoms with Crippen LogP contribution in [0.25, 0.3) is 0 Å². The number of piperazine rings is 1. The van der Waals surface area contributed by atoms with Crippen LogP contribution in [0.3, 0.4) is 0 Å². The third-order valence-electron chi connectivity index (χ3n) is 3.62. The number of halogens is 3. The molecule has 1 fully saturated rings. The molecule has 1 aromatic rings. The van der Waals surface area contributed by atoms with Crippen LogP contribution in [0.5, 0.6) is 0 Å². The highest BCUT2D eigenvalue weighted by atomic mass is 32.2. The van der Waals surface area contributed by atoms with Crippen molar-refractivity contribution in [2.45, 2.75) is 11.3 Å². The van der Waals surface area contributed by atoms with Gasteiger partial charge in [-0.25, -0.2) is 21.6 Å². The molecular weight excluding hydrogens is 335 g/mol. The second-order valence-electron chi connectivity index (χ2n) is 5.14. The number of primary amides is 1. The molecule has 1 saturated heterocycles. The van der Waals surface area contributed by atoms with Crippen LogP contribution in [0.4, 0.5) is 13.2 Å². The minimum absolute atomic E-state index is 0.0551. The Balaban J connectivity index is 2.11. The summed E-state index contributed by atoms with van der Waals surface area (Å²) in [5.41, 5.74) is 5.05. The summed E-state index contributed by atoms with van der Waals surface area (Å²) in [6, 6.07) is 1.29. The Labute approximate surface area is 131 Å². The SMILES string of the molecule is NC(=O)CCN1CCN(S(=O)(=O)c2ccc(F)c(F)c2F)CC1. The summed E-state index contributed by atoms with van der Waals surface area (Å²) in [5.74, 6) is -5.44. The third-order valence-corrected chi connectivity index (χ3v) is 5.54. The summed E-state index contributed by atoms with van der Waals surface area (Å²) in [5, 5.41) is 0. The number of nitrogens with two attached hydrogens (primary N) is 1. The molecule has 0 aromatic heterocycles. The lowest BCUT2D eigenvalue weighted by Gasteiger charge is -2.33. The van der Waals surface area contributed by atoms with E-state index in [-0.39, 0.29) is 19.5 Å². The van der Waals surface area contributed by atoms with Crippen molar-refractivity contribution < 1.29 is 26.4 Å². The smallest absolute Gasteiger partial charge is 0.246 e. The van der Waals surface area contributed by atoms with Gasteiger partial charge in [-0.2, -0.15) is 4.31 Å². The molecule has 2 N–H and O–H groups in total. The molecule has 1 heterocycles. The number of hydrogen-bond donors (Lipinski definition) is 1. The largest absolute Gasteiger partial charge is 0.370 e. The summed E-state index contributed by atoms with van der Waals surface area (Å²) < 4.78 is 65.6. The molecule has 0 atom stereocenters. The Bertz CT molecular complexity index is 704. The molecule has 1 aliphatic rings. The Hall–Kier alpha value is -1.65. The first-order valence-electron chi connectivity index (χ1n) is 6.88. The predicted octanol–water partition coefficient (Wildman–Crippen LogP) is 0.286. The number of amides is 1. The number of hydrogen-bond acceptors (Lipinski definition) is 4. The first kappa shape index (κ1) is 17.7. The van der Waals surface area contributed by atoms with E-state index in [9.17, 15) is 26.4 Å². The summed E-state index contributed by atoms with van der Waals surface area (Å²) in [6.45, 7) is 1.18. The van der Waals surface area contributed by atoms with Crippen LogP contribution in [0.15, 0.2) is 17.0 Å². The van der Waals surface area contributed by atoms with E-state index in [0.717, 1.165) is 4.31 Å². The van der Waals surface area contributed by atoms with Gasteiger partial charge in [0.1, 0.15) is 4.90 Å². The maximum atomic E-state index is 13.7. The number of nitrogens with zero attached hydrogens (tertiary/aromatic N) is 2. The maximum Gasteiger partial charge on any atom is 0.246 e. The predicted molar refractivity (Wildman–Crippen MR) is 75.3 cm³/mol. The molecular formula is C13H16F3N3O3S. The van der Waals surface area contributed by atoms with Gasteiger partial charge in [0.2, 0.25) is 15.9 Å². The molecule has 6 nitrogen and oxygen atoms in total. The van der Waals surface area contributed by atoms with Crippen molar-refractivity contribution in [2.24, 2.45) is 5.73 Å². The minimum atomic E-state index is -4.25. The molecule has 23 heavy (non-hydrogen) atoms. The zero-order valence-electron chi connectivity index (χ0n) is 12.1. The van der Waals surface area contributed by atoms with Crippen molar-refractivity contribution in [2.75, 3.05) is 32.7 Å². The molecule has 0 bridgehead atoms. The lowest BCUT2D eigenvalue weighted by atomic mass is 10.3. The van der Waals surface area contributed by atoms with E-state index in [0.29, 0.717) is 31.8 Å². The lowest BCUT2D eigenvalue weighted by molar-refractivity contribution is -0.118. The quantitative estimate of drug-likeness (QED) is 0.773. The van der Waals surface area contributed by atoms with Gasteiger partial charge in [0.15, 0.2) is 17.5 Å². The second-order valence-corrected chi connectivity index (χ2v) is 7.04. The van der Waals surface area contributed by atoms with Gasteiger partial charge in [-0.1, -0.05) is 0 Å². The molecule has 10 heteroatoms. The van der Waals surface area contributed by atoms with Crippen LogP contribution >= 0.6 is 0 Å². The van der Waals surface area contributed by atoms with Gasteiger partial charge in [-0.15, -0.1) is 0 Å². The Kier molecular flexibility index (Phi) is 5.27. The minimum Gasteiger partial charge on any atom is -0.370 e. The van der Waals surface area contributed by atoms with E-state index >= 15 is 0 Å². The van der Waals surface area contributed by atoms with E-state index in [1.807, 2.05) is 4.90 Å². The van der Waals surface area contributed by atoms with Crippen LogP contribution < -0.4 is 5.73 Å². The topological polar surface area (TPSA) is 83.7 Å². The van der Waals surface area contributed by atoms with E-state index < -0.39 is 38.3 Å². The van der Waals surface area contributed by atoms with Crippen molar-refractivity contribution >= 4 is 15.9 Å². The van der Waals surface area contributed by atoms with Gasteiger partial charge in [0.25, 0.3) is 0 Å². The fourth-order valence-corrected chi connectivity index (χ4v) is 3.79. The molecule has 128 valence electrons.